The van der Waals surface area contributed by atoms with Crippen molar-refractivity contribution < 1.29 is 19.4 Å². The minimum absolute atomic E-state index is 0.0696. The molecule has 0 unspecified atom stereocenters. The molecule has 1 aliphatic carbocycles. The second-order valence-corrected chi connectivity index (χ2v) is 5.37. The number of aliphatic carboxylic acids is 1. The normalized spacial score (nSPS) is 25.6. The van der Waals surface area contributed by atoms with E-state index in [0.717, 1.165) is 30.5 Å². The summed E-state index contributed by atoms with van der Waals surface area (Å²) in [6.07, 6.45) is 1.55. The van der Waals surface area contributed by atoms with Crippen LogP contribution in [0, 0.1) is 0 Å². The summed E-state index contributed by atoms with van der Waals surface area (Å²) in [6, 6.07) is 0. The highest BCUT2D eigenvalue weighted by Gasteiger charge is 2.35. The molecule has 2 N–H and O–H groups in total. The summed E-state index contributed by atoms with van der Waals surface area (Å²) >= 11 is 0. The maximum atomic E-state index is 12.5. The number of carbonyl (C=O) groups excluding carboxylic acids is 1. The topological polar surface area (TPSA) is 95.5 Å². The third-order valence-electron chi connectivity index (χ3n) is 3.83. The van der Waals surface area contributed by atoms with E-state index in [-0.39, 0.29) is 18.6 Å². The first-order valence-corrected chi connectivity index (χ1v) is 6.80. The van der Waals surface area contributed by atoms with E-state index in [1.165, 1.54) is 4.90 Å². The minimum atomic E-state index is -1.04. The second-order valence-electron chi connectivity index (χ2n) is 5.37. The molecule has 0 aromatic carbocycles. The van der Waals surface area contributed by atoms with Crippen LogP contribution in [-0.2, 0) is 22.4 Å². The van der Waals surface area contributed by atoms with Gasteiger partial charge in [-0.2, -0.15) is 5.10 Å². The number of amides is 1. The molecule has 1 saturated heterocycles. The van der Waals surface area contributed by atoms with Gasteiger partial charge in [-0.15, -0.1) is 0 Å². The number of carboxylic acid groups (broad SMARTS) is 1. The van der Waals surface area contributed by atoms with E-state index < -0.39 is 12.1 Å². The number of carboxylic acids is 1. The molecule has 0 saturated carbocycles. The molecule has 1 aliphatic heterocycles. The number of H-pyrrole nitrogens is 1. The van der Waals surface area contributed by atoms with Crippen molar-refractivity contribution in [3.05, 3.63) is 17.0 Å². The Balaban J connectivity index is 1.81. The number of hydrogen-bond donors (Lipinski definition) is 2. The van der Waals surface area contributed by atoms with E-state index in [4.69, 9.17) is 9.84 Å². The fraction of sp³-hybridized carbons (Fsp3) is 0.615. The maximum Gasteiger partial charge on any atom is 0.334 e. The Labute approximate surface area is 115 Å². The number of fused-ring (bicyclic) bond motifs is 1. The lowest BCUT2D eigenvalue weighted by molar-refractivity contribution is -0.160. The molecule has 7 nitrogen and oxygen atoms in total. The van der Waals surface area contributed by atoms with Crippen molar-refractivity contribution in [2.75, 3.05) is 13.1 Å². The van der Waals surface area contributed by atoms with Crippen LogP contribution in [0.15, 0.2) is 0 Å². The van der Waals surface area contributed by atoms with Gasteiger partial charge in [0.2, 0.25) is 0 Å². The van der Waals surface area contributed by atoms with E-state index in [1.54, 1.807) is 6.92 Å². The molecule has 1 amide bonds. The Morgan fingerprint density at radius 3 is 2.95 bits per heavy atom. The van der Waals surface area contributed by atoms with Gasteiger partial charge in [-0.05, 0) is 26.2 Å². The van der Waals surface area contributed by atoms with Gasteiger partial charge < -0.3 is 14.7 Å². The van der Waals surface area contributed by atoms with Gasteiger partial charge in [0.15, 0.2) is 11.8 Å². The van der Waals surface area contributed by atoms with Crippen LogP contribution in [0.25, 0.3) is 0 Å². The molecule has 20 heavy (non-hydrogen) atoms. The van der Waals surface area contributed by atoms with Crippen LogP contribution in [-0.4, -0.2) is 57.4 Å². The lowest BCUT2D eigenvalue weighted by atomic mass is 10.1. The number of rotatable bonds is 2. The predicted octanol–water partition coefficient (Wildman–Crippen LogP) is 0.212. The minimum Gasteiger partial charge on any atom is -0.479 e. The summed E-state index contributed by atoms with van der Waals surface area (Å²) in [4.78, 5) is 25.1. The molecule has 108 valence electrons. The zero-order chi connectivity index (χ0) is 14.3. The van der Waals surface area contributed by atoms with E-state index in [2.05, 4.69) is 10.2 Å². The number of nitrogens with one attached hydrogen (secondary N) is 1. The molecule has 2 atom stereocenters. The van der Waals surface area contributed by atoms with Crippen molar-refractivity contribution in [2.24, 2.45) is 0 Å². The summed E-state index contributed by atoms with van der Waals surface area (Å²) < 4.78 is 5.32. The Kier molecular flexibility index (Phi) is 3.21. The second kappa shape index (κ2) is 4.90. The van der Waals surface area contributed by atoms with E-state index >= 15 is 0 Å². The Hall–Kier alpha value is -1.89. The van der Waals surface area contributed by atoms with Gasteiger partial charge >= 0.3 is 5.97 Å². The maximum absolute atomic E-state index is 12.5. The smallest absolute Gasteiger partial charge is 0.334 e. The number of aromatic nitrogens is 2. The molecule has 0 bridgehead atoms. The zero-order valence-electron chi connectivity index (χ0n) is 11.3. The van der Waals surface area contributed by atoms with Crippen molar-refractivity contribution in [2.45, 2.75) is 38.4 Å². The molecule has 0 radical (unpaired) electrons. The SMILES string of the molecule is C[C@@H]1CN(C(=O)c2n[nH]c3c2CCC3)C[C@H](C(=O)O)O1. The number of ether oxygens (including phenoxy) is 1. The molecule has 0 spiro atoms. The molecule has 7 heteroatoms. The first-order chi connectivity index (χ1) is 9.56. The van der Waals surface area contributed by atoms with Crippen molar-refractivity contribution in [1.29, 1.82) is 0 Å². The van der Waals surface area contributed by atoms with Crippen molar-refractivity contribution in [1.82, 2.24) is 15.1 Å². The van der Waals surface area contributed by atoms with Gasteiger partial charge in [-0.1, -0.05) is 0 Å². The molecule has 1 aromatic rings. The first kappa shape index (κ1) is 13.1. The van der Waals surface area contributed by atoms with Crippen LogP contribution in [0.5, 0.6) is 0 Å². The highest BCUT2D eigenvalue weighted by Crippen LogP contribution is 2.24. The number of carbonyl (C=O) groups is 2. The van der Waals surface area contributed by atoms with Gasteiger partial charge in [-0.3, -0.25) is 9.89 Å². The number of aromatic amines is 1. The molecule has 1 aromatic heterocycles. The lowest BCUT2D eigenvalue weighted by Gasteiger charge is -2.34. The molecule has 2 aliphatic rings. The van der Waals surface area contributed by atoms with Crippen LogP contribution < -0.4 is 0 Å². The highest BCUT2D eigenvalue weighted by atomic mass is 16.5. The van der Waals surface area contributed by atoms with Gasteiger partial charge in [0, 0.05) is 17.8 Å². The standard InChI is InChI=1S/C13H17N3O4/c1-7-5-16(6-10(20-7)13(18)19)12(17)11-8-3-2-4-9(8)14-15-11/h7,10H,2-6H2,1H3,(H,14,15)(H,18,19)/t7-,10-/m1/s1. The lowest BCUT2D eigenvalue weighted by Crippen LogP contribution is -2.52. The number of hydrogen-bond acceptors (Lipinski definition) is 4. The van der Waals surface area contributed by atoms with Crippen LogP contribution in [0.3, 0.4) is 0 Å². The van der Waals surface area contributed by atoms with Crippen LogP contribution in [0.1, 0.15) is 35.1 Å². The van der Waals surface area contributed by atoms with Crippen molar-refractivity contribution in [3.8, 4) is 0 Å². The number of nitrogens with zero attached hydrogens (tertiary/aromatic N) is 2. The summed E-state index contributed by atoms with van der Waals surface area (Å²) in [7, 11) is 0. The fourth-order valence-electron chi connectivity index (χ4n) is 2.90. The number of morpholine rings is 1. The predicted molar refractivity (Wildman–Crippen MR) is 68.5 cm³/mol. The largest absolute Gasteiger partial charge is 0.479 e. The summed E-state index contributed by atoms with van der Waals surface area (Å²) in [6.45, 7) is 2.23. The van der Waals surface area contributed by atoms with Gasteiger partial charge in [0.1, 0.15) is 0 Å². The zero-order valence-corrected chi connectivity index (χ0v) is 11.3. The Morgan fingerprint density at radius 2 is 2.20 bits per heavy atom. The number of aryl methyl sites for hydroxylation is 1. The van der Waals surface area contributed by atoms with E-state index in [1.807, 2.05) is 0 Å². The average Bonchev–Trinajstić information content (AvgIpc) is 2.99. The van der Waals surface area contributed by atoms with Gasteiger partial charge in [-0.25, -0.2) is 4.79 Å². The highest BCUT2D eigenvalue weighted by molar-refractivity contribution is 5.94. The van der Waals surface area contributed by atoms with Crippen LogP contribution >= 0.6 is 0 Å². The summed E-state index contributed by atoms with van der Waals surface area (Å²) in [5, 5.41) is 16.1. The first-order valence-electron chi connectivity index (χ1n) is 6.80. The average molecular weight is 279 g/mol. The van der Waals surface area contributed by atoms with Gasteiger partial charge in [0.25, 0.3) is 5.91 Å². The van der Waals surface area contributed by atoms with Crippen molar-refractivity contribution in [3.63, 3.8) is 0 Å². The molecule has 1 fully saturated rings. The van der Waals surface area contributed by atoms with Crippen molar-refractivity contribution >= 4 is 11.9 Å². The molecule has 2 heterocycles. The summed E-state index contributed by atoms with van der Waals surface area (Å²) in [5.41, 5.74) is 2.46. The van der Waals surface area contributed by atoms with Crippen LogP contribution in [0.4, 0.5) is 0 Å². The summed E-state index contributed by atoms with van der Waals surface area (Å²) in [5.74, 6) is -1.24. The molecular weight excluding hydrogens is 262 g/mol. The van der Waals surface area contributed by atoms with E-state index in [9.17, 15) is 9.59 Å². The third-order valence-corrected chi connectivity index (χ3v) is 3.83. The third kappa shape index (κ3) is 2.18. The monoisotopic (exact) mass is 279 g/mol. The Morgan fingerprint density at radius 1 is 1.40 bits per heavy atom. The Bertz CT molecular complexity index is 554. The molecular formula is C13H17N3O4. The molecule has 3 rings (SSSR count). The fourth-order valence-corrected chi connectivity index (χ4v) is 2.90. The van der Waals surface area contributed by atoms with E-state index in [0.29, 0.717) is 12.2 Å². The van der Waals surface area contributed by atoms with Crippen LogP contribution in [0.2, 0.25) is 0 Å². The quantitative estimate of drug-likeness (QED) is 0.807. The van der Waals surface area contributed by atoms with Gasteiger partial charge in [0.05, 0.1) is 12.6 Å².